The van der Waals surface area contributed by atoms with Gasteiger partial charge < -0.3 is 9.47 Å². The predicted molar refractivity (Wildman–Crippen MR) is 82.3 cm³/mol. The van der Waals surface area contributed by atoms with E-state index in [2.05, 4.69) is 17.2 Å². The van der Waals surface area contributed by atoms with Gasteiger partial charge in [0.2, 0.25) is 0 Å². The number of carbonyl (C=O) groups is 1. The largest absolute Gasteiger partial charge is 0.494 e. The maximum Gasteiger partial charge on any atom is 0.172 e. The van der Waals surface area contributed by atoms with E-state index in [4.69, 9.17) is 9.47 Å². The van der Waals surface area contributed by atoms with Crippen molar-refractivity contribution in [2.24, 2.45) is 0 Å². The number of nitrogens with zero attached hydrogens (tertiary/aromatic N) is 3. The van der Waals surface area contributed by atoms with Gasteiger partial charge in [0.15, 0.2) is 12.0 Å². The zero-order chi connectivity index (χ0) is 15.8. The van der Waals surface area contributed by atoms with Crippen molar-refractivity contribution in [1.82, 2.24) is 15.0 Å². The van der Waals surface area contributed by atoms with Crippen LogP contribution in [-0.2, 0) is 13.2 Å². The summed E-state index contributed by atoms with van der Waals surface area (Å²) in [4.78, 5) is 11.1. The van der Waals surface area contributed by atoms with Crippen LogP contribution in [0.3, 0.4) is 0 Å². The molecule has 0 saturated heterocycles. The number of ether oxygens (including phenoxy) is 2. The Balaban J connectivity index is 2.03. The van der Waals surface area contributed by atoms with Crippen LogP contribution in [0.15, 0.2) is 24.3 Å². The Morgan fingerprint density at radius 3 is 2.41 bits per heavy atom. The Labute approximate surface area is 130 Å². The minimum Gasteiger partial charge on any atom is -0.494 e. The van der Waals surface area contributed by atoms with Gasteiger partial charge >= 0.3 is 0 Å². The molecule has 1 aromatic carbocycles. The molecule has 0 spiro atoms. The van der Waals surface area contributed by atoms with E-state index in [0.717, 1.165) is 25.1 Å². The smallest absolute Gasteiger partial charge is 0.172 e. The highest BCUT2D eigenvalue weighted by atomic mass is 16.5. The summed E-state index contributed by atoms with van der Waals surface area (Å²) >= 11 is 0. The monoisotopic (exact) mass is 303 g/mol. The molecule has 0 amide bonds. The summed E-state index contributed by atoms with van der Waals surface area (Å²) in [6.07, 6.45) is 2.75. The minimum absolute atomic E-state index is 0.263. The summed E-state index contributed by atoms with van der Waals surface area (Å²) in [6.45, 7) is 5.67. The third-order valence-electron chi connectivity index (χ3n) is 3.21. The fourth-order valence-corrected chi connectivity index (χ4v) is 2.02. The Morgan fingerprint density at radius 2 is 1.82 bits per heavy atom. The molecular weight excluding hydrogens is 282 g/mol. The fraction of sp³-hybridized carbons (Fsp3) is 0.438. The van der Waals surface area contributed by atoms with Crippen molar-refractivity contribution in [3.8, 4) is 11.5 Å². The first-order valence-corrected chi connectivity index (χ1v) is 7.51. The fourth-order valence-electron chi connectivity index (χ4n) is 2.02. The van der Waals surface area contributed by atoms with Crippen LogP contribution in [-0.4, -0.2) is 27.9 Å². The molecule has 0 fully saturated rings. The molecule has 2 rings (SSSR count). The molecule has 0 bridgehead atoms. The average Bonchev–Trinajstić information content (AvgIpc) is 2.94. The van der Waals surface area contributed by atoms with E-state index in [1.165, 1.54) is 0 Å². The first-order valence-electron chi connectivity index (χ1n) is 7.51. The minimum atomic E-state index is 0.263. The maximum absolute atomic E-state index is 11.1. The third kappa shape index (κ3) is 4.07. The van der Waals surface area contributed by atoms with Gasteiger partial charge in [0.25, 0.3) is 0 Å². The highest BCUT2D eigenvalue weighted by Crippen LogP contribution is 2.19. The van der Waals surface area contributed by atoms with E-state index < -0.39 is 0 Å². The molecule has 2 aromatic rings. The van der Waals surface area contributed by atoms with Crippen molar-refractivity contribution in [1.29, 1.82) is 0 Å². The molecule has 0 unspecified atom stereocenters. The number of carbonyl (C=O) groups excluding carboxylic acids is 1. The number of hydrogen-bond donors (Lipinski definition) is 0. The first kappa shape index (κ1) is 16.0. The average molecular weight is 303 g/mol. The van der Waals surface area contributed by atoms with Gasteiger partial charge in [-0.2, -0.15) is 0 Å². The van der Waals surface area contributed by atoms with Gasteiger partial charge in [-0.1, -0.05) is 18.6 Å². The Morgan fingerprint density at radius 1 is 1.14 bits per heavy atom. The Kier molecular flexibility index (Phi) is 5.94. The quantitative estimate of drug-likeness (QED) is 0.666. The van der Waals surface area contributed by atoms with Crippen LogP contribution in [0.4, 0.5) is 0 Å². The lowest BCUT2D eigenvalue weighted by molar-refractivity contribution is 0.111. The summed E-state index contributed by atoms with van der Waals surface area (Å²) in [7, 11) is 0. The van der Waals surface area contributed by atoms with E-state index >= 15 is 0 Å². The summed E-state index contributed by atoms with van der Waals surface area (Å²) in [5.74, 6) is 1.52. The molecule has 0 radical (unpaired) electrons. The molecule has 1 aromatic heterocycles. The predicted octanol–water partition coefficient (Wildman–Crippen LogP) is 2.87. The number of benzene rings is 1. The molecule has 0 saturated carbocycles. The van der Waals surface area contributed by atoms with Crippen LogP contribution >= 0.6 is 0 Å². The van der Waals surface area contributed by atoms with Crippen LogP contribution in [0.25, 0.3) is 0 Å². The second kappa shape index (κ2) is 8.17. The number of aryl methyl sites for hydroxylation is 1. The van der Waals surface area contributed by atoms with Crippen molar-refractivity contribution in [2.45, 2.75) is 39.8 Å². The maximum atomic E-state index is 11.1. The molecule has 1 heterocycles. The van der Waals surface area contributed by atoms with Gasteiger partial charge in [-0.05, 0) is 37.6 Å². The van der Waals surface area contributed by atoms with Crippen LogP contribution in [0.1, 0.15) is 42.9 Å². The Bertz CT molecular complexity index is 593. The van der Waals surface area contributed by atoms with Crippen LogP contribution < -0.4 is 9.47 Å². The summed E-state index contributed by atoms with van der Waals surface area (Å²) < 4.78 is 12.9. The third-order valence-corrected chi connectivity index (χ3v) is 3.21. The van der Waals surface area contributed by atoms with E-state index in [1.54, 1.807) is 4.68 Å². The molecule has 6 nitrogen and oxygen atoms in total. The molecule has 22 heavy (non-hydrogen) atoms. The number of unbranched alkanes of at least 4 members (excludes halogenated alkanes) is 1. The van der Waals surface area contributed by atoms with E-state index in [1.807, 2.05) is 31.2 Å². The zero-order valence-electron chi connectivity index (χ0n) is 13.0. The van der Waals surface area contributed by atoms with E-state index in [-0.39, 0.29) is 6.61 Å². The van der Waals surface area contributed by atoms with Gasteiger partial charge in [0.05, 0.1) is 6.61 Å². The number of aromatic nitrogens is 3. The normalized spacial score (nSPS) is 10.5. The van der Waals surface area contributed by atoms with Gasteiger partial charge in [0.1, 0.15) is 23.8 Å². The summed E-state index contributed by atoms with van der Waals surface area (Å²) in [5, 5.41) is 7.89. The highest BCUT2D eigenvalue weighted by molar-refractivity contribution is 5.73. The zero-order valence-corrected chi connectivity index (χ0v) is 13.0. The summed E-state index contributed by atoms with van der Waals surface area (Å²) in [5.41, 5.74) is 1.04. The molecule has 6 heteroatoms. The van der Waals surface area contributed by atoms with E-state index in [0.29, 0.717) is 30.0 Å². The second-order valence-electron chi connectivity index (χ2n) is 4.81. The lowest BCUT2D eigenvalue weighted by Crippen LogP contribution is -2.09. The molecule has 0 N–H and O–H groups in total. The van der Waals surface area contributed by atoms with Crippen LogP contribution in [0.5, 0.6) is 11.5 Å². The number of hydrogen-bond acceptors (Lipinski definition) is 5. The van der Waals surface area contributed by atoms with Gasteiger partial charge in [-0.15, -0.1) is 5.10 Å². The number of rotatable bonds is 9. The highest BCUT2D eigenvalue weighted by Gasteiger charge is 2.12. The molecule has 0 aliphatic heterocycles. The van der Waals surface area contributed by atoms with Crippen molar-refractivity contribution in [3.05, 3.63) is 35.7 Å². The lowest BCUT2D eigenvalue weighted by atomic mass is 10.3. The van der Waals surface area contributed by atoms with Crippen molar-refractivity contribution < 1.29 is 14.3 Å². The van der Waals surface area contributed by atoms with Gasteiger partial charge in [-0.25, -0.2) is 4.68 Å². The molecule has 0 aliphatic carbocycles. The molecule has 118 valence electrons. The standard InChI is InChI=1S/C16H21N3O3/c1-3-5-10-19-16(15(11-20)17-18-19)12-22-14-8-6-13(7-9-14)21-4-2/h6-9,11H,3-5,10,12H2,1-2H3. The topological polar surface area (TPSA) is 66.2 Å². The number of aldehydes is 1. The molecular formula is C16H21N3O3. The van der Waals surface area contributed by atoms with Crippen LogP contribution in [0, 0.1) is 0 Å². The summed E-state index contributed by atoms with van der Waals surface area (Å²) in [6, 6.07) is 7.38. The SMILES string of the molecule is CCCCn1nnc(C=O)c1COc1ccc(OCC)cc1. The van der Waals surface area contributed by atoms with Crippen LogP contribution in [0.2, 0.25) is 0 Å². The molecule has 0 atom stereocenters. The van der Waals surface area contributed by atoms with Crippen molar-refractivity contribution >= 4 is 6.29 Å². The van der Waals surface area contributed by atoms with Gasteiger partial charge in [0, 0.05) is 6.54 Å². The van der Waals surface area contributed by atoms with Crippen molar-refractivity contribution in [3.63, 3.8) is 0 Å². The first-order chi connectivity index (χ1) is 10.8. The second-order valence-corrected chi connectivity index (χ2v) is 4.81. The Hall–Kier alpha value is -2.37. The lowest BCUT2D eigenvalue weighted by Gasteiger charge is -2.09. The van der Waals surface area contributed by atoms with Gasteiger partial charge in [-0.3, -0.25) is 4.79 Å². The van der Waals surface area contributed by atoms with E-state index in [9.17, 15) is 4.79 Å². The van der Waals surface area contributed by atoms with Crippen molar-refractivity contribution in [2.75, 3.05) is 6.61 Å². The molecule has 0 aliphatic rings.